The van der Waals surface area contributed by atoms with Crippen molar-refractivity contribution < 1.29 is 18.3 Å². The summed E-state index contributed by atoms with van der Waals surface area (Å²) in [6, 6.07) is 14.4. The molecule has 130 valence electrons. The first kappa shape index (κ1) is 17.1. The van der Waals surface area contributed by atoms with Gasteiger partial charge in [-0.2, -0.15) is 18.4 Å². The Hall–Kier alpha value is -2.71. The molecule has 1 atom stereocenters. The molecule has 0 saturated carbocycles. The first-order valence-electron chi connectivity index (χ1n) is 7.14. The summed E-state index contributed by atoms with van der Waals surface area (Å²) in [5.74, 6) is -0.677. The van der Waals surface area contributed by atoms with E-state index in [1.165, 1.54) is 12.1 Å². The first-order valence-corrected chi connectivity index (χ1v) is 9.00. The van der Waals surface area contributed by atoms with Crippen molar-refractivity contribution in [2.24, 2.45) is 10.8 Å². The molecule has 25 heavy (non-hydrogen) atoms. The lowest BCUT2D eigenvalue weighted by atomic mass is 10.1. The number of rotatable bonds is 4. The minimum Gasteiger partial charge on any atom is -0.502 e. The van der Waals surface area contributed by atoms with Crippen LogP contribution in [-0.4, -0.2) is 19.2 Å². The Kier molecular flexibility index (Phi) is 4.56. The Morgan fingerprint density at radius 3 is 2.56 bits per heavy atom. The van der Waals surface area contributed by atoms with Crippen LogP contribution in [0.5, 0.6) is 0 Å². The monoisotopic (exact) mass is 379 g/mol. The smallest absolute Gasteiger partial charge is 0.276 e. The maximum atomic E-state index is 12.3. The Morgan fingerprint density at radius 1 is 1.16 bits per heavy atom. The lowest BCUT2D eigenvalue weighted by Crippen LogP contribution is -2.22. The van der Waals surface area contributed by atoms with Crippen molar-refractivity contribution in [3.8, 4) is 0 Å². The van der Waals surface area contributed by atoms with Crippen LogP contribution in [0.1, 0.15) is 11.7 Å². The fourth-order valence-electron chi connectivity index (χ4n) is 2.26. The van der Waals surface area contributed by atoms with Gasteiger partial charge in [-0.1, -0.05) is 41.9 Å². The number of nitrogens with one attached hydrogen (secondary N) is 1. The predicted octanol–water partition coefficient (Wildman–Crippen LogP) is 2.43. The van der Waals surface area contributed by atoms with E-state index in [1.807, 2.05) is 0 Å². The highest BCUT2D eigenvalue weighted by atomic mass is 35.5. The van der Waals surface area contributed by atoms with Gasteiger partial charge in [-0.15, -0.1) is 0 Å². The van der Waals surface area contributed by atoms with Gasteiger partial charge in [0, 0.05) is 10.6 Å². The molecule has 3 rings (SSSR count). The van der Waals surface area contributed by atoms with Gasteiger partial charge in [0.25, 0.3) is 10.0 Å². The SMILES string of the molecule is NC1=C(O)C(=NNS(=O)(=O)c2ccccc2)C(c2cccc(Cl)c2)O1. The summed E-state index contributed by atoms with van der Waals surface area (Å²) >= 11 is 5.96. The molecule has 0 radical (unpaired) electrons. The highest BCUT2D eigenvalue weighted by Crippen LogP contribution is 2.31. The zero-order valence-corrected chi connectivity index (χ0v) is 14.3. The molecule has 2 aromatic rings. The van der Waals surface area contributed by atoms with Gasteiger partial charge < -0.3 is 15.6 Å². The van der Waals surface area contributed by atoms with Gasteiger partial charge in [-0.05, 0) is 24.3 Å². The van der Waals surface area contributed by atoms with Crippen molar-refractivity contribution in [1.29, 1.82) is 0 Å². The molecule has 0 fully saturated rings. The number of ether oxygens (including phenoxy) is 1. The minimum atomic E-state index is -3.90. The molecule has 0 saturated heterocycles. The number of hydrogen-bond donors (Lipinski definition) is 3. The number of aliphatic hydroxyl groups excluding tert-OH is 1. The summed E-state index contributed by atoms with van der Waals surface area (Å²) in [5.41, 5.74) is 6.11. The van der Waals surface area contributed by atoms with Crippen molar-refractivity contribution in [3.63, 3.8) is 0 Å². The van der Waals surface area contributed by atoms with E-state index in [4.69, 9.17) is 22.1 Å². The number of halogens is 1. The average Bonchev–Trinajstić information content (AvgIpc) is 2.89. The highest BCUT2D eigenvalue weighted by Gasteiger charge is 2.34. The molecule has 9 heteroatoms. The summed E-state index contributed by atoms with van der Waals surface area (Å²) in [5, 5.41) is 14.3. The summed E-state index contributed by atoms with van der Waals surface area (Å²) in [4.78, 5) is 2.12. The van der Waals surface area contributed by atoms with Crippen molar-refractivity contribution in [1.82, 2.24) is 4.83 Å². The number of hydrogen-bond acceptors (Lipinski definition) is 6. The van der Waals surface area contributed by atoms with E-state index in [2.05, 4.69) is 9.93 Å². The molecular formula is C16H14ClN3O4S. The third kappa shape index (κ3) is 3.54. The van der Waals surface area contributed by atoms with E-state index in [1.54, 1.807) is 42.5 Å². The molecule has 0 bridgehead atoms. The Bertz CT molecular complexity index is 958. The van der Waals surface area contributed by atoms with Gasteiger partial charge in [-0.25, -0.2) is 0 Å². The molecule has 4 N–H and O–H groups in total. The third-order valence-electron chi connectivity index (χ3n) is 3.46. The number of nitrogens with two attached hydrogens (primary N) is 1. The predicted molar refractivity (Wildman–Crippen MR) is 93.3 cm³/mol. The number of nitrogens with zero attached hydrogens (tertiary/aromatic N) is 1. The normalized spacial score (nSPS) is 19.1. The van der Waals surface area contributed by atoms with Crippen LogP contribution in [0.25, 0.3) is 0 Å². The van der Waals surface area contributed by atoms with Crippen LogP contribution in [0.2, 0.25) is 5.02 Å². The molecule has 2 aromatic carbocycles. The Balaban J connectivity index is 1.93. The number of aliphatic hydroxyl groups is 1. The Morgan fingerprint density at radius 2 is 1.88 bits per heavy atom. The molecule has 0 aliphatic carbocycles. The number of sulfonamides is 1. The van der Waals surface area contributed by atoms with E-state index in [9.17, 15) is 13.5 Å². The average molecular weight is 380 g/mol. The molecular weight excluding hydrogens is 366 g/mol. The van der Waals surface area contributed by atoms with Crippen molar-refractivity contribution in [2.45, 2.75) is 11.0 Å². The van der Waals surface area contributed by atoms with Gasteiger partial charge in [0.2, 0.25) is 11.6 Å². The second-order valence-electron chi connectivity index (χ2n) is 5.17. The highest BCUT2D eigenvalue weighted by molar-refractivity contribution is 7.89. The van der Waals surface area contributed by atoms with Crippen LogP contribution in [0, 0.1) is 0 Å². The standard InChI is InChI=1S/C16H14ClN3O4S/c17-11-6-4-5-10(9-11)15-13(14(21)16(18)24-15)19-20-25(22,23)12-7-2-1-3-8-12/h1-9,15,20-21H,18H2. The fourth-order valence-corrected chi connectivity index (χ4v) is 3.30. The largest absolute Gasteiger partial charge is 0.502 e. The van der Waals surface area contributed by atoms with Gasteiger partial charge in [0.05, 0.1) is 4.90 Å². The number of benzene rings is 2. The molecule has 1 heterocycles. The molecule has 1 aliphatic rings. The van der Waals surface area contributed by atoms with Crippen LogP contribution in [0.15, 0.2) is 76.2 Å². The van der Waals surface area contributed by atoms with Crippen LogP contribution in [0.4, 0.5) is 0 Å². The molecule has 1 unspecified atom stereocenters. The molecule has 0 aromatic heterocycles. The zero-order chi connectivity index (χ0) is 18.0. The van der Waals surface area contributed by atoms with E-state index in [0.717, 1.165) is 0 Å². The second kappa shape index (κ2) is 6.66. The molecule has 7 nitrogen and oxygen atoms in total. The zero-order valence-electron chi connectivity index (χ0n) is 12.8. The molecule has 1 aliphatic heterocycles. The maximum absolute atomic E-state index is 12.3. The van der Waals surface area contributed by atoms with Crippen LogP contribution >= 0.6 is 11.6 Å². The maximum Gasteiger partial charge on any atom is 0.276 e. The number of hydrazone groups is 1. The Labute approximate surface area is 149 Å². The summed E-state index contributed by atoms with van der Waals surface area (Å²) in [7, 11) is -3.90. The van der Waals surface area contributed by atoms with E-state index < -0.39 is 21.9 Å². The summed E-state index contributed by atoms with van der Waals surface area (Å²) in [6.07, 6.45) is -0.878. The summed E-state index contributed by atoms with van der Waals surface area (Å²) in [6.45, 7) is 0. The first-order chi connectivity index (χ1) is 11.9. The molecule has 0 amide bonds. The molecule has 0 spiro atoms. The minimum absolute atomic E-state index is 0.0361. The van der Waals surface area contributed by atoms with Crippen molar-refractivity contribution in [2.75, 3.05) is 0 Å². The summed E-state index contributed by atoms with van der Waals surface area (Å²) < 4.78 is 29.9. The van der Waals surface area contributed by atoms with Gasteiger partial charge in [-0.3, -0.25) is 0 Å². The third-order valence-corrected chi connectivity index (χ3v) is 4.92. The van der Waals surface area contributed by atoms with Crippen LogP contribution < -0.4 is 10.6 Å². The van der Waals surface area contributed by atoms with E-state index in [0.29, 0.717) is 10.6 Å². The van der Waals surface area contributed by atoms with E-state index >= 15 is 0 Å². The van der Waals surface area contributed by atoms with Crippen LogP contribution in [-0.2, 0) is 14.8 Å². The van der Waals surface area contributed by atoms with Crippen LogP contribution in [0.3, 0.4) is 0 Å². The van der Waals surface area contributed by atoms with E-state index in [-0.39, 0.29) is 16.5 Å². The lowest BCUT2D eigenvalue weighted by molar-refractivity contribution is 0.179. The van der Waals surface area contributed by atoms with Crippen molar-refractivity contribution in [3.05, 3.63) is 76.8 Å². The quantitative estimate of drug-likeness (QED) is 0.706. The lowest BCUT2D eigenvalue weighted by Gasteiger charge is -2.13. The topological polar surface area (TPSA) is 114 Å². The van der Waals surface area contributed by atoms with Gasteiger partial charge in [0.1, 0.15) is 0 Å². The second-order valence-corrected chi connectivity index (χ2v) is 7.27. The van der Waals surface area contributed by atoms with Gasteiger partial charge >= 0.3 is 0 Å². The van der Waals surface area contributed by atoms with Crippen molar-refractivity contribution >= 4 is 27.3 Å². The fraction of sp³-hybridized carbons (Fsp3) is 0.0625. The van der Waals surface area contributed by atoms with Gasteiger partial charge in [0.15, 0.2) is 11.8 Å².